The van der Waals surface area contributed by atoms with Crippen molar-refractivity contribution >= 4 is 34.8 Å². The maximum atomic E-state index is 12.2. The van der Waals surface area contributed by atoms with E-state index in [1.165, 1.54) is 0 Å². The third-order valence-corrected chi connectivity index (χ3v) is 3.85. The van der Waals surface area contributed by atoms with E-state index in [2.05, 4.69) is 5.32 Å². The second-order valence-corrected chi connectivity index (χ2v) is 5.51. The second-order valence-electron chi connectivity index (χ2n) is 4.69. The Hall–Kier alpha value is -1.51. The number of hydrogen-bond donors (Lipinski definition) is 1. The second kappa shape index (κ2) is 6.29. The molecule has 104 valence electrons. The fourth-order valence-corrected chi connectivity index (χ4v) is 2.59. The number of hydrogen-bond acceptors (Lipinski definition) is 1. The number of rotatable bonds is 3. The van der Waals surface area contributed by atoms with Crippen LogP contribution in [0.1, 0.15) is 16.7 Å². The predicted molar refractivity (Wildman–Crippen MR) is 84.7 cm³/mol. The van der Waals surface area contributed by atoms with Crippen molar-refractivity contribution in [3.05, 3.63) is 63.1 Å². The van der Waals surface area contributed by atoms with Crippen LogP contribution in [0.25, 0.3) is 0 Å². The fourth-order valence-electron chi connectivity index (χ4n) is 2.06. The van der Waals surface area contributed by atoms with Gasteiger partial charge in [0, 0.05) is 15.7 Å². The van der Waals surface area contributed by atoms with E-state index >= 15 is 0 Å². The molecule has 0 fully saturated rings. The average Bonchev–Trinajstić information content (AvgIpc) is 2.39. The molecule has 2 aromatic carbocycles. The van der Waals surface area contributed by atoms with Gasteiger partial charge in [0.2, 0.25) is 5.91 Å². The van der Waals surface area contributed by atoms with Gasteiger partial charge in [-0.1, -0.05) is 47.5 Å². The fraction of sp³-hybridized carbons (Fsp3) is 0.188. The van der Waals surface area contributed by atoms with E-state index in [0.29, 0.717) is 15.6 Å². The van der Waals surface area contributed by atoms with Gasteiger partial charge in [-0.15, -0.1) is 0 Å². The molecule has 1 amide bonds. The van der Waals surface area contributed by atoms with Crippen LogP contribution in [0.5, 0.6) is 0 Å². The van der Waals surface area contributed by atoms with Crippen molar-refractivity contribution in [2.45, 2.75) is 20.3 Å². The highest BCUT2D eigenvalue weighted by Crippen LogP contribution is 2.26. The van der Waals surface area contributed by atoms with Gasteiger partial charge in [0.15, 0.2) is 0 Å². The van der Waals surface area contributed by atoms with Gasteiger partial charge in [-0.05, 0) is 42.7 Å². The number of aryl methyl sites for hydroxylation is 2. The highest BCUT2D eigenvalue weighted by atomic mass is 35.5. The summed E-state index contributed by atoms with van der Waals surface area (Å²) in [6.07, 6.45) is 0.159. The maximum Gasteiger partial charge on any atom is 0.228 e. The standard InChI is InChI=1S/C16H15Cl2NO/c1-10-5-3-6-11(2)16(10)19-15(20)9-12-13(17)7-4-8-14(12)18/h3-8H,9H2,1-2H3,(H,19,20). The number of benzene rings is 2. The van der Waals surface area contributed by atoms with Gasteiger partial charge in [0.05, 0.1) is 6.42 Å². The molecule has 0 spiro atoms. The normalized spacial score (nSPS) is 10.4. The molecular formula is C16H15Cl2NO. The first-order chi connectivity index (χ1) is 9.49. The monoisotopic (exact) mass is 307 g/mol. The Bertz CT molecular complexity index is 557. The van der Waals surface area contributed by atoms with E-state index in [1.54, 1.807) is 18.2 Å². The van der Waals surface area contributed by atoms with Crippen molar-refractivity contribution in [1.29, 1.82) is 0 Å². The lowest BCUT2D eigenvalue weighted by molar-refractivity contribution is -0.115. The van der Waals surface area contributed by atoms with Crippen LogP contribution in [0.3, 0.4) is 0 Å². The number of halogens is 2. The summed E-state index contributed by atoms with van der Waals surface area (Å²) in [5.74, 6) is -0.127. The van der Waals surface area contributed by atoms with E-state index in [1.807, 2.05) is 32.0 Å². The van der Waals surface area contributed by atoms with Crippen LogP contribution in [-0.2, 0) is 11.2 Å². The molecule has 0 aliphatic rings. The molecule has 2 nitrogen and oxygen atoms in total. The summed E-state index contributed by atoms with van der Waals surface area (Å²) in [6.45, 7) is 3.93. The first-order valence-corrected chi connectivity index (χ1v) is 7.03. The Morgan fingerprint density at radius 3 is 2.05 bits per heavy atom. The first-order valence-electron chi connectivity index (χ1n) is 6.28. The van der Waals surface area contributed by atoms with Gasteiger partial charge in [0.1, 0.15) is 0 Å². The summed E-state index contributed by atoms with van der Waals surface area (Å²) in [6, 6.07) is 11.1. The lowest BCUT2D eigenvalue weighted by atomic mass is 10.1. The number of carbonyl (C=O) groups excluding carboxylic acids is 1. The van der Waals surface area contributed by atoms with Crippen molar-refractivity contribution in [1.82, 2.24) is 0 Å². The zero-order valence-corrected chi connectivity index (χ0v) is 12.8. The zero-order valence-electron chi connectivity index (χ0n) is 11.3. The van der Waals surface area contributed by atoms with Gasteiger partial charge in [-0.25, -0.2) is 0 Å². The van der Waals surface area contributed by atoms with E-state index in [0.717, 1.165) is 16.8 Å². The smallest absolute Gasteiger partial charge is 0.228 e. The largest absolute Gasteiger partial charge is 0.325 e. The van der Waals surface area contributed by atoms with Crippen LogP contribution in [-0.4, -0.2) is 5.91 Å². The first kappa shape index (κ1) is 14.9. The van der Waals surface area contributed by atoms with E-state index < -0.39 is 0 Å². The minimum absolute atomic E-state index is 0.127. The molecule has 0 saturated heterocycles. The van der Waals surface area contributed by atoms with Crippen LogP contribution in [0, 0.1) is 13.8 Å². The van der Waals surface area contributed by atoms with Gasteiger partial charge in [0.25, 0.3) is 0 Å². The molecule has 0 aliphatic carbocycles. The molecule has 2 rings (SSSR count). The van der Waals surface area contributed by atoms with Gasteiger partial charge in [-0.2, -0.15) is 0 Å². The molecule has 1 N–H and O–H groups in total. The number of para-hydroxylation sites is 1. The summed E-state index contributed by atoms with van der Waals surface area (Å²) in [4.78, 5) is 12.2. The molecular weight excluding hydrogens is 293 g/mol. The van der Waals surface area contributed by atoms with Crippen LogP contribution >= 0.6 is 23.2 Å². The molecule has 0 bridgehead atoms. The maximum absolute atomic E-state index is 12.2. The van der Waals surface area contributed by atoms with E-state index in [-0.39, 0.29) is 12.3 Å². The topological polar surface area (TPSA) is 29.1 Å². The molecule has 0 radical (unpaired) electrons. The molecule has 2 aromatic rings. The molecule has 0 atom stereocenters. The summed E-state index contributed by atoms with van der Waals surface area (Å²) in [7, 11) is 0. The summed E-state index contributed by atoms with van der Waals surface area (Å²) in [5, 5.41) is 3.94. The zero-order chi connectivity index (χ0) is 14.7. The number of anilines is 1. The van der Waals surface area contributed by atoms with Crippen molar-refractivity contribution in [3.8, 4) is 0 Å². The lowest BCUT2D eigenvalue weighted by Gasteiger charge is -2.12. The minimum atomic E-state index is -0.127. The van der Waals surface area contributed by atoms with Crippen LogP contribution in [0.15, 0.2) is 36.4 Å². The molecule has 4 heteroatoms. The number of nitrogens with one attached hydrogen (secondary N) is 1. The van der Waals surface area contributed by atoms with Crippen molar-refractivity contribution in [3.63, 3.8) is 0 Å². The van der Waals surface area contributed by atoms with Crippen molar-refractivity contribution in [2.24, 2.45) is 0 Å². The molecule has 20 heavy (non-hydrogen) atoms. The highest BCUT2D eigenvalue weighted by Gasteiger charge is 2.12. The molecule has 0 heterocycles. The van der Waals surface area contributed by atoms with Crippen LogP contribution in [0.4, 0.5) is 5.69 Å². The summed E-state index contributed by atoms with van der Waals surface area (Å²) < 4.78 is 0. The third kappa shape index (κ3) is 3.33. The van der Waals surface area contributed by atoms with Gasteiger partial charge < -0.3 is 5.32 Å². The Morgan fingerprint density at radius 2 is 1.50 bits per heavy atom. The molecule has 0 unspecified atom stereocenters. The Labute approximate surface area is 128 Å². The van der Waals surface area contributed by atoms with E-state index in [4.69, 9.17) is 23.2 Å². The van der Waals surface area contributed by atoms with Crippen molar-refractivity contribution in [2.75, 3.05) is 5.32 Å². The Morgan fingerprint density at radius 1 is 1.00 bits per heavy atom. The number of carbonyl (C=O) groups is 1. The van der Waals surface area contributed by atoms with E-state index in [9.17, 15) is 4.79 Å². The predicted octanol–water partition coefficient (Wildman–Crippen LogP) is 4.79. The highest BCUT2D eigenvalue weighted by molar-refractivity contribution is 6.36. The Balaban J connectivity index is 2.18. The van der Waals surface area contributed by atoms with Crippen molar-refractivity contribution < 1.29 is 4.79 Å². The van der Waals surface area contributed by atoms with Gasteiger partial charge in [-0.3, -0.25) is 4.79 Å². The molecule has 0 aliphatic heterocycles. The van der Waals surface area contributed by atoms with Crippen LogP contribution in [0.2, 0.25) is 10.0 Å². The summed E-state index contributed by atoms with van der Waals surface area (Å²) >= 11 is 12.1. The minimum Gasteiger partial charge on any atom is -0.325 e. The average molecular weight is 308 g/mol. The third-order valence-electron chi connectivity index (χ3n) is 3.14. The SMILES string of the molecule is Cc1cccc(C)c1NC(=O)Cc1c(Cl)cccc1Cl. The quantitative estimate of drug-likeness (QED) is 0.867. The summed E-state index contributed by atoms with van der Waals surface area (Å²) in [5.41, 5.74) is 3.56. The Kier molecular flexibility index (Phi) is 4.69. The van der Waals surface area contributed by atoms with Crippen LogP contribution < -0.4 is 5.32 Å². The molecule has 0 saturated carbocycles. The number of amides is 1. The van der Waals surface area contributed by atoms with Gasteiger partial charge >= 0.3 is 0 Å². The lowest BCUT2D eigenvalue weighted by Crippen LogP contribution is -2.16. The molecule has 0 aromatic heterocycles.